The van der Waals surface area contributed by atoms with E-state index in [1.807, 2.05) is 12.1 Å². The fourth-order valence-corrected chi connectivity index (χ4v) is 2.71. The van der Waals surface area contributed by atoms with Crippen molar-refractivity contribution >= 4 is 15.9 Å². The van der Waals surface area contributed by atoms with Crippen LogP contribution in [0.5, 0.6) is 11.5 Å². The van der Waals surface area contributed by atoms with Gasteiger partial charge in [-0.05, 0) is 37.0 Å². The van der Waals surface area contributed by atoms with E-state index in [1.165, 1.54) is 24.8 Å². The summed E-state index contributed by atoms with van der Waals surface area (Å²) in [5, 5.41) is 3.58. The number of nitrogens with one attached hydrogen (secondary N) is 1. The van der Waals surface area contributed by atoms with Gasteiger partial charge in [0.15, 0.2) is 11.5 Å². The van der Waals surface area contributed by atoms with E-state index in [9.17, 15) is 0 Å². The first-order valence-corrected chi connectivity index (χ1v) is 8.41. The summed E-state index contributed by atoms with van der Waals surface area (Å²) in [6.07, 6.45) is 3.79. The van der Waals surface area contributed by atoms with E-state index in [0.717, 1.165) is 28.4 Å². The standard InChI is InChI=1S/C17H28BrNO2/c1-12(2)7-6-8-13(3)19-11-14-9-16(20-4)17(21-5)10-15(14)18/h9-10,12-13,19H,6-8,11H2,1-5H3. The molecule has 1 aromatic rings. The van der Waals surface area contributed by atoms with Crippen molar-refractivity contribution in [2.45, 2.75) is 52.6 Å². The summed E-state index contributed by atoms with van der Waals surface area (Å²) in [4.78, 5) is 0. The maximum Gasteiger partial charge on any atom is 0.161 e. The molecule has 0 aliphatic rings. The van der Waals surface area contributed by atoms with E-state index in [1.54, 1.807) is 14.2 Å². The quantitative estimate of drug-likeness (QED) is 0.690. The van der Waals surface area contributed by atoms with Crippen LogP contribution in [-0.4, -0.2) is 20.3 Å². The normalized spacial score (nSPS) is 12.5. The van der Waals surface area contributed by atoms with Gasteiger partial charge in [-0.15, -0.1) is 0 Å². The number of hydrogen-bond acceptors (Lipinski definition) is 3. The zero-order valence-corrected chi connectivity index (χ0v) is 15.4. The molecule has 0 spiro atoms. The lowest BCUT2D eigenvalue weighted by atomic mass is 10.0. The van der Waals surface area contributed by atoms with Crippen molar-refractivity contribution < 1.29 is 9.47 Å². The van der Waals surface area contributed by atoms with Gasteiger partial charge in [0.05, 0.1) is 14.2 Å². The van der Waals surface area contributed by atoms with Gasteiger partial charge in [-0.1, -0.05) is 42.6 Å². The van der Waals surface area contributed by atoms with E-state index in [0.29, 0.717) is 6.04 Å². The van der Waals surface area contributed by atoms with E-state index < -0.39 is 0 Å². The molecule has 3 nitrogen and oxygen atoms in total. The van der Waals surface area contributed by atoms with Gasteiger partial charge >= 0.3 is 0 Å². The molecule has 4 heteroatoms. The molecule has 120 valence electrons. The highest BCUT2D eigenvalue weighted by Gasteiger charge is 2.10. The summed E-state index contributed by atoms with van der Waals surface area (Å²) in [7, 11) is 3.32. The number of halogens is 1. The molecule has 0 aliphatic heterocycles. The zero-order chi connectivity index (χ0) is 15.8. The van der Waals surface area contributed by atoms with Crippen LogP contribution in [0.15, 0.2) is 16.6 Å². The molecular formula is C17H28BrNO2. The van der Waals surface area contributed by atoms with Crippen LogP contribution in [-0.2, 0) is 6.54 Å². The molecule has 0 radical (unpaired) electrons. The molecule has 0 heterocycles. The Balaban J connectivity index is 2.54. The van der Waals surface area contributed by atoms with Crippen molar-refractivity contribution in [3.8, 4) is 11.5 Å². The van der Waals surface area contributed by atoms with E-state index in [-0.39, 0.29) is 0 Å². The lowest BCUT2D eigenvalue weighted by molar-refractivity contribution is 0.354. The van der Waals surface area contributed by atoms with Gasteiger partial charge in [0.25, 0.3) is 0 Å². The molecule has 0 amide bonds. The highest BCUT2D eigenvalue weighted by atomic mass is 79.9. The van der Waals surface area contributed by atoms with Crippen molar-refractivity contribution in [1.29, 1.82) is 0 Å². The maximum absolute atomic E-state index is 5.36. The number of benzene rings is 1. The molecule has 1 rings (SSSR count). The third kappa shape index (κ3) is 6.27. The summed E-state index contributed by atoms with van der Waals surface area (Å²) in [5.74, 6) is 2.31. The number of hydrogen-bond donors (Lipinski definition) is 1. The van der Waals surface area contributed by atoms with Crippen LogP contribution < -0.4 is 14.8 Å². The Morgan fingerprint density at radius 2 is 1.67 bits per heavy atom. The smallest absolute Gasteiger partial charge is 0.161 e. The predicted octanol–water partition coefficient (Wildman–Crippen LogP) is 4.77. The van der Waals surface area contributed by atoms with Crippen molar-refractivity contribution in [2.75, 3.05) is 14.2 Å². The first-order valence-electron chi connectivity index (χ1n) is 7.61. The van der Waals surface area contributed by atoms with E-state index >= 15 is 0 Å². The number of rotatable bonds is 9. The molecule has 0 bridgehead atoms. The van der Waals surface area contributed by atoms with E-state index in [2.05, 4.69) is 42.0 Å². The van der Waals surface area contributed by atoms with Crippen molar-refractivity contribution in [3.63, 3.8) is 0 Å². The molecule has 0 fully saturated rings. The SMILES string of the molecule is COc1cc(Br)c(CNC(C)CCCC(C)C)cc1OC. The summed E-state index contributed by atoms with van der Waals surface area (Å²) in [6, 6.07) is 4.50. The zero-order valence-electron chi connectivity index (χ0n) is 13.8. The van der Waals surface area contributed by atoms with Crippen molar-refractivity contribution in [2.24, 2.45) is 5.92 Å². The summed E-state index contributed by atoms with van der Waals surface area (Å²) in [6.45, 7) is 7.62. The molecule has 1 aromatic carbocycles. The minimum absolute atomic E-state index is 0.517. The highest BCUT2D eigenvalue weighted by molar-refractivity contribution is 9.10. The second-order valence-electron chi connectivity index (χ2n) is 5.91. The van der Waals surface area contributed by atoms with Crippen LogP contribution in [0, 0.1) is 5.92 Å². The Morgan fingerprint density at radius 1 is 1.05 bits per heavy atom. The fourth-order valence-electron chi connectivity index (χ4n) is 2.25. The molecule has 1 atom stereocenters. The van der Waals surface area contributed by atoms with Gasteiger partial charge < -0.3 is 14.8 Å². The van der Waals surface area contributed by atoms with Crippen LogP contribution in [0.1, 0.15) is 45.6 Å². The maximum atomic E-state index is 5.36. The van der Waals surface area contributed by atoms with Gasteiger partial charge in [-0.25, -0.2) is 0 Å². The highest BCUT2D eigenvalue weighted by Crippen LogP contribution is 2.33. The second-order valence-corrected chi connectivity index (χ2v) is 6.76. The largest absolute Gasteiger partial charge is 0.493 e. The first-order chi connectivity index (χ1) is 9.97. The van der Waals surface area contributed by atoms with Crippen molar-refractivity contribution in [3.05, 3.63) is 22.2 Å². The van der Waals surface area contributed by atoms with Crippen LogP contribution in [0.2, 0.25) is 0 Å². The Morgan fingerprint density at radius 3 is 2.24 bits per heavy atom. The molecular weight excluding hydrogens is 330 g/mol. The molecule has 0 saturated heterocycles. The molecule has 1 N–H and O–H groups in total. The van der Waals surface area contributed by atoms with Crippen LogP contribution in [0.4, 0.5) is 0 Å². The minimum Gasteiger partial charge on any atom is -0.493 e. The average molecular weight is 358 g/mol. The fraction of sp³-hybridized carbons (Fsp3) is 0.647. The Bertz CT molecular complexity index is 435. The molecule has 1 unspecified atom stereocenters. The monoisotopic (exact) mass is 357 g/mol. The Labute approximate surface area is 137 Å². The third-order valence-electron chi connectivity index (χ3n) is 3.61. The topological polar surface area (TPSA) is 30.5 Å². The number of methoxy groups -OCH3 is 2. The van der Waals surface area contributed by atoms with Gasteiger partial charge in [0.1, 0.15) is 0 Å². The molecule has 0 saturated carbocycles. The van der Waals surface area contributed by atoms with Crippen LogP contribution >= 0.6 is 15.9 Å². The van der Waals surface area contributed by atoms with Gasteiger partial charge in [-0.3, -0.25) is 0 Å². The van der Waals surface area contributed by atoms with Gasteiger partial charge in [0.2, 0.25) is 0 Å². The van der Waals surface area contributed by atoms with Gasteiger partial charge in [-0.2, -0.15) is 0 Å². The van der Waals surface area contributed by atoms with E-state index in [4.69, 9.17) is 9.47 Å². The molecule has 0 aromatic heterocycles. The lowest BCUT2D eigenvalue weighted by Crippen LogP contribution is -2.25. The van der Waals surface area contributed by atoms with Crippen LogP contribution in [0.3, 0.4) is 0 Å². The summed E-state index contributed by atoms with van der Waals surface area (Å²) >= 11 is 3.60. The van der Waals surface area contributed by atoms with Crippen molar-refractivity contribution in [1.82, 2.24) is 5.32 Å². The molecule has 21 heavy (non-hydrogen) atoms. The Kier molecular flexibility index (Phi) is 8.12. The minimum atomic E-state index is 0.517. The second kappa shape index (κ2) is 9.31. The third-order valence-corrected chi connectivity index (χ3v) is 4.35. The average Bonchev–Trinajstić information content (AvgIpc) is 2.45. The summed E-state index contributed by atoms with van der Waals surface area (Å²) < 4.78 is 11.7. The predicted molar refractivity (Wildman–Crippen MR) is 92.2 cm³/mol. The lowest BCUT2D eigenvalue weighted by Gasteiger charge is -2.16. The number of ether oxygens (including phenoxy) is 2. The molecule has 0 aliphatic carbocycles. The Hall–Kier alpha value is -0.740. The first kappa shape index (κ1) is 18.3. The van der Waals surface area contributed by atoms with Gasteiger partial charge in [0, 0.05) is 17.1 Å². The van der Waals surface area contributed by atoms with Crippen LogP contribution in [0.25, 0.3) is 0 Å². The summed E-state index contributed by atoms with van der Waals surface area (Å²) in [5.41, 5.74) is 1.18.